The van der Waals surface area contributed by atoms with Crippen molar-refractivity contribution in [2.45, 2.75) is 20.0 Å². The summed E-state index contributed by atoms with van der Waals surface area (Å²) in [7, 11) is 0. The van der Waals surface area contributed by atoms with E-state index in [0.29, 0.717) is 21.9 Å². The SMILES string of the molecule is Cc1ccc2ncc3ccc(=N)n(-c4ccc(C)c(C(F)(F)F)c4)c3c2n1. The zero-order valence-electron chi connectivity index (χ0n) is 14.6. The summed E-state index contributed by atoms with van der Waals surface area (Å²) < 4.78 is 41.6. The van der Waals surface area contributed by atoms with E-state index >= 15 is 0 Å². The second-order valence-corrected chi connectivity index (χ2v) is 6.43. The van der Waals surface area contributed by atoms with Gasteiger partial charge in [0.15, 0.2) is 0 Å². The van der Waals surface area contributed by atoms with E-state index in [-0.39, 0.29) is 16.7 Å². The maximum atomic E-state index is 13.4. The Hall–Kier alpha value is -3.22. The minimum atomic E-state index is -4.47. The number of aryl methyl sites for hydroxylation is 2. The van der Waals surface area contributed by atoms with Gasteiger partial charge in [0, 0.05) is 23.0 Å². The van der Waals surface area contributed by atoms with E-state index in [2.05, 4.69) is 9.97 Å². The standard InChI is InChI=1S/C20H15F3N4/c1-11-3-6-14(9-15(11)20(21,22)23)27-17(24)8-5-13-10-25-16-7-4-12(2)26-18(16)19(13)27/h3-10,24H,1-2H3. The molecule has 0 atom stereocenters. The highest BCUT2D eigenvalue weighted by molar-refractivity contribution is 6.01. The fourth-order valence-electron chi connectivity index (χ4n) is 3.21. The van der Waals surface area contributed by atoms with Gasteiger partial charge in [-0.3, -0.25) is 15.0 Å². The highest BCUT2D eigenvalue weighted by Gasteiger charge is 2.32. The fourth-order valence-corrected chi connectivity index (χ4v) is 3.21. The predicted octanol–water partition coefficient (Wildman–Crippen LogP) is 4.69. The molecule has 1 N–H and O–H groups in total. The van der Waals surface area contributed by atoms with Crippen LogP contribution in [0.2, 0.25) is 0 Å². The van der Waals surface area contributed by atoms with Crippen LogP contribution in [0.4, 0.5) is 13.2 Å². The molecule has 0 saturated carbocycles. The smallest absolute Gasteiger partial charge is 0.293 e. The monoisotopic (exact) mass is 368 g/mol. The normalized spacial score (nSPS) is 12.0. The van der Waals surface area contributed by atoms with E-state index in [4.69, 9.17) is 5.41 Å². The molecule has 0 aliphatic heterocycles. The maximum Gasteiger partial charge on any atom is 0.416 e. The Morgan fingerprint density at radius 1 is 1.00 bits per heavy atom. The molecule has 0 bridgehead atoms. The molecule has 4 aromatic rings. The molecular formula is C20H15F3N4. The Balaban J connectivity index is 2.15. The highest BCUT2D eigenvalue weighted by Crippen LogP contribution is 2.33. The summed E-state index contributed by atoms with van der Waals surface area (Å²) in [6.45, 7) is 3.26. The second-order valence-electron chi connectivity index (χ2n) is 6.43. The predicted molar refractivity (Wildman–Crippen MR) is 96.7 cm³/mol. The molecule has 4 rings (SSSR count). The van der Waals surface area contributed by atoms with Crippen LogP contribution in [0.1, 0.15) is 16.8 Å². The molecule has 136 valence electrons. The first-order chi connectivity index (χ1) is 12.8. The maximum absolute atomic E-state index is 13.4. The third-order valence-corrected chi connectivity index (χ3v) is 4.52. The summed E-state index contributed by atoms with van der Waals surface area (Å²) in [6.07, 6.45) is -2.82. The second kappa shape index (κ2) is 5.90. The molecule has 1 aromatic carbocycles. The van der Waals surface area contributed by atoms with Crippen LogP contribution in [0.15, 0.2) is 48.7 Å². The third kappa shape index (κ3) is 2.85. The summed E-state index contributed by atoms with van der Waals surface area (Å²) in [5.74, 6) is 0. The average molecular weight is 368 g/mol. The van der Waals surface area contributed by atoms with Crippen molar-refractivity contribution in [2.24, 2.45) is 0 Å². The van der Waals surface area contributed by atoms with Crippen LogP contribution in [0.3, 0.4) is 0 Å². The lowest BCUT2D eigenvalue weighted by Crippen LogP contribution is -2.19. The van der Waals surface area contributed by atoms with Gasteiger partial charge in [0.25, 0.3) is 0 Å². The van der Waals surface area contributed by atoms with Gasteiger partial charge >= 0.3 is 6.18 Å². The molecule has 0 radical (unpaired) electrons. The lowest BCUT2D eigenvalue weighted by molar-refractivity contribution is -0.138. The molecule has 3 aromatic heterocycles. The van der Waals surface area contributed by atoms with Crippen LogP contribution in [-0.4, -0.2) is 14.5 Å². The topological polar surface area (TPSA) is 54.6 Å². The molecule has 0 unspecified atom stereocenters. The summed E-state index contributed by atoms with van der Waals surface area (Å²) in [4.78, 5) is 8.90. The number of halogens is 3. The Morgan fingerprint density at radius 3 is 2.52 bits per heavy atom. The molecule has 0 spiro atoms. The number of fused-ring (bicyclic) bond motifs is 3. The van der Waals surface area contributed by atoms with E-state index in [1.165, 1.54) is 17.6 Å². The summed E-state index contributed by atoms with van der Waals surface area (Å²) in [5.41, 5.74) is 2.25. The van der Waals surface area contributed by atoms with Crippen LogP contribution >= 0.6 is 0 Å². The summed E-state index contributed by atoms with van der Waals surface area (Å²) in [5, 5.41) is 9.03. The van der Waals surface area contributed by atoms with Crippen molar-refractivity contribution in [3.63, 3.8) is 0 Å². The number of aromatic nitrogens is 3. The number of alkyl halides is 3. The first-order valence-electron chi connectivity index (χ1n) is 8.26. The Morgan fingerprint density at radius 2 is 1.78 bits per heavy atom. The van der Waals surface area contributed by atoms with Crippen molar-refractivity contribution in [1.29, 1.82) is 5.41 Å². The molecule has 27 heavy (non-hydrogen) atoms. The minimum Gasteiger partial charge on any atom is -0.293 e. The van der Waals surface area contributed by atoms with E-state index in [1.807, 2.05) is 19.1 Å². The molecule has 4 nitrogen and oxygen atoms in total. The van der Waals surface area contributed by atoms with Crippen molar-refractivity contribution in [2.75, 3.05) is 0 Å². The number of hydrogen-bond donors (Lipinski definition) is 1. The molecule has 0 aliphatic rings. The van der Waals surface area contributed by atoms with E-state index < -0.39 is 11.7 Å². The van der Waals surface area contributed by atoms with E-state index in [1.54, 1.807) is 24.4 Å². The van der Waals surface area contributed by atoms with Gasteiger partial charge in [-0.1, -0.05) is 6.07 Å². The Labute approximate surface area is 152 Å². The first kappa shape index (κ1) is 17.2. The number of nitrogens with one attached hydrogen (secondary N) is 1. The lowest BCUT2D eigenvalue weighted by Gasteiger charge is -2.16. The van der Waals surface area contributed by atoms with Gasteiger partial charge in [-0.15, -0.1) is 0 Å². The Bertz CT molecular complexity index is 1260. The minimum absolute atomic E-state index is 0.0651. The van der Waals surface area contributed by atoms with E-state index in [9.17, 15) is 13.2 Å². The van der Waals surface area contributed by atoms with Crippen LogP contribution < -0.4 is 5.49 Å². The van der Waals surface area contributed by atoms with Crippen LogP contribution in [0.25, 0.3) is 27.6 Å². The highest BCUT2D eigenvalue weighted by atomic mass is 19.4. The molecule has 3 heterocycles. The molecule has 0 amide bonds. The lowest BCUT2D eigenvalue weighted by atomic mass is 10.1. The zero-order valence-corrected chi connectivity index (χ0v) is 14.6. The average Bonchev–Trinajstić information content (AvgIpc) is 2.61. The van der Waals surface area contributed by atoms with Gasteiger partial charge in [-0.25, -0.2) is 4.98 Å². The zero-order chi connectivity index (χ0) is 19.3. The number of benzene rings is 1. The van der Waals surface area contributed by atoms with Crippen LogP contribution in [0, 0.1) is 19.3 Å². The van der Waals surface area contributed by atoms with E-state index in [0.717, 1.165) is 11.8 Å². The molecule has 0 fully saturated rings. The molecular weight excluding hydrogens is 353 g/mol. The molecule has 0 saturated heterocycles. The molecule has 7 heteroatoms. The van der Waals surface area contributed by atoms with Crippen molar-refractivity contribution in [3.05, 3.63) is 71.0 Å². The summed E-state index contributed by atoms with van der Waals surface area (Å²) >= 11 is 0. The number of hydrogen-bond acceptors (Lipinski definition) is 3. The Kier molecular flexibility index (Phi) is 3.76. The van der Waals surface area contributed by atoms with Crippen molar-refractivity contribution in [3.8, 4) is 5.69 Å². The van der Waals surface area contributed by atoms with Crippen molar-refractivity contribution in [1.82, 2.24) is 14.5 Å². The summed E-state index contributed by atoms with van der Waals surface area (Å²) in [6, 6.07) is 11.0. The number of nitrogens with zero attached hydrogens (tertiary/aromatic N) is 3. The van der Waals surface area contributed by atoms with Crippen LogP contribution in [0.5, 0.6) is 0 Å². The van der Waals surface area contributed by atoms with Crippen molar-refractivity contribution < 1.29 is 13.2 Å². The van der Waals surface area contributed by atoms with Gasteiger partial charge in [0.1, 0.15) is 11.0 Å². The van der Waals surface area contributed by atoms with Crippen molar-refractivity contribution >= 4 is 21.9 Å². The van der Waals surface area contributed by atoms with Crippen LogP contribution in [-0.2, 0) is 6.18 Å². The van der Waals surface area contributed by atoms with Gasteiger partial charge in [0.2, 0.25) is 0 Å². The van der Waals surface area contributed by atoms with Gasteiger partial charge < -0.3 is 0 Å². The van der Waals surface area contributed by atoms with Gasteiger partial charge in [-0.05, 0) is 55.8 Å². The number of pyridine rings is 3. The number of rotatable bonds is 1. The first-order valence-corrected chi connectivity index (χ1v) is 8.26. The van der Waals surface area contributed by atoms with Gasteiger partial charge in [-0.2, -0.15) is 13.2 Å². The quantitative estimate of drug-likeness (QED) is 0.496. The van der Waals surface area contributed by atoms with Gasteiger partial charge in [0.05, 0.1) is 16.6 Å². The third-order valence-electron chi connectivity index (χ3n) is 4.52. The molecule has 0 aliphatic carbocycles. The largest absolute Gasteiger partial charge is 0.416 e. The fraction of sp³-hybridized carbons (Fsp3) is 0.150.